The third-order valence-corrected chi connectivity index (χ3v) is 8.60. The van der Waals surface area contributed by atoms with Gasteiger partial charge in [-0.15, -0.1) is 0 Å². The van der Waals surface area contributed by atoms with E-state index < -0.39 is 10.0 Å². The van der Waals surface area contributed by atoms with Gasteiger partial charge in [-0.2, -0.15) is 11.8 Å². The normalized spacial score (nSPS) is 14.7. The molecular formula is C23H28Cl2N2O4S2. The summed E-state index contributed by atoms with van der Waals surface area (Å²) in [6.45, 7) is 1.57. The maximum Gasteiger partial charge on any atom is 0.257 e. The lowest BCUT2D eigenvalue weighted by atomic mass is 10.1. The van der Waals surface area contributed by atoms with Gasteiger partial charge in [-0.1, -0.05) is 42.1 Å². The van der Waals surface area contributed by atoms with E-state index in [1.54, 1.807) is 23.1 Å². The average molecular weight is 532 g/mol. The summed E-state index contributed by atoms with van der Waals surface area (Å²) in [5.41, 5.74) is 1.10. The SMILES string of the molecule is COc1ccc(S(=O)(=O)NCCSCc2c(Cl)cccc2Cl)cc1C(=O)N1CCCCCC1. The quantitative estimate of drug-likeness (QED) is 0.449. The Labute approximate surface area is 210 Å². The van der Waals surface area contributed by atoms with Crippen molar-refractivity contribution in [2.45, 2.75) is 36.3 Å². The molecule has 1 saturated heterocycles. The highest BCUT2D eigenvalue weighted by molar-refractivity contribution is 7.98. The van der Waals surface area contributed by atoms with E-state index in [1.165, 1.54) is 37.1 Å². The van der Waals surface area contributed by atoms with Crippen LogP contribution >= 0.6 is 35.0 Å². The zero-order valence-electron chi connectivity index (χ0n) is 18.5. The maximum atomic E-state index is 13.1. The number of hydrogen-bond donors (Lipinski definition) is 1. The summed E-state index contributed by atoms with van der Waals surface area (Å²) < 4.78 is 33.6. The molecule has 0 aliphatic carbocycles. The van der Waals surface area contributed by atoms with Crippen LogP contribution in [0.2, 0.25) is 10.0 Å². The molecule has 1 N–H and O–H groups in total. The van der Waals surface area contributed by atoms with Crippen molar-refractivity contribution >= 4 is 50.9 Å². The van der Waals surface area contributed by atoms with Crippen molar-refractivity contribution in [3.63, 3.8) is 0 Å². The summed E-state index contributed by atoms with van der Waals surface area (Å²) in [6, 6.07) is 9.74. The molecule has 33 heavy (non-hydrogen) atoms. The van der Waals surface area contributed by atoms with Crippen LogP contribution in [0.15, 0.2) is 41.3 Å². The molecule has 3 rings (SSSR count). The first-order valence-corrected chi connectivity index (χ1v) is 14.2. The molecule has 0 radical (unpaired) electrons. The first-order chi connectivity index (χ1) is 15.8. The van der Waals surface area contributed by atoms with Crippen molar-refractivity contribution in [2.75, 3.05) is 32.5 Å². The fourth-order valence-electron chi connectivity index (χ4n) is 3.64. The molecule has 1 amide bonds. The number of rotatable bonds is 9. The minimum atomic E-state index is -3.78. The average Bonchev–Trinajstić information content (AvgIpc) is 3.09. The first-order valence-electron chi connectivity index (χ1n) is 10.8. The van der Waals surface area contributed by atoms with E-state index in [0.717, 1.165) is 31.2 Å². The Morgan fingerprint density at radius 3 is 2.39 bits per heavy atom. The first kappa shape index (κ1) is 26.2. The number of benzene rings is 2. The van der Waals surface area contributed by atoms with E-state index >= 15 is 0 Å². The number of amides is 1. The van der Waals surface area contributed by atoms with Gasteiger partial charge in [0.25, 0.3) is 5.91 Å². The van der Waals surface area contributed by atoms with Gasteiger partial charge in [0.1, 0.15) is 5.75 Å². The minimum absolute atomic E-state index is 0.0422. The van der Waals surface area contributed by atoms with Crippen LogP contribution < -0.4 is 9.46 Å². The standard InChI is InChI=1S/C23H28Cl2N2O4S2/c1-31-22-10-9-17(15-18(22)23(28)27-12-4-2-3-5-13-27)33(29,30)26-11-14-32-16-19-20(24)7-6-8-21(19)25/h6-10,15,26H,2-5,11-14,16H2,1H3. The highest BCUT2D eigenvalue weighted by Crippen LogP contribution is 2.28. The highest BCUT2D eigenvalue weighted by Gasteiger charge is 2.24. The number of carbonyl (C=O) groups excluding carboxylic acids is 1. The van der Waals surface area contributed by atoms with E-state index in [1.807, 2.05) is 0 Å². The number of nitrogens with one attached hydrogen (secondary N) is 1. The van der Waals surface area contributed by atoms with Crippen LogP contribution in [0.3, 0.4) is 0 Å². The maximum absolute atomic E-state index is 13.1. The molecular weight excluding hydrogens is 503 g/mol. The van der Waals surface area contributed by atoms with E-state index in [9.17, 15) is 13.2 Å². The lowest BCUT2D eigenvalue weighted by Crippen LogP contribution is -2.32. The van der Waals surface area contributed by atoms with Gasteiger partial charge in [0.15, 0.2) is 0 Å². The van der Waals surface area contributed by atoms with E-state index in [2.05, 4.69) is 4.72 Å². The van der Waals surface area contributed by atoms with Crippen LogP contribution in [0, 0.1) is 0 Å². The molecule has 1 fully saturated rings. The van der Waals surface area contributed by atoms with Gasteiger partial charge in [-0.05, 0) is 48.7 Å². The highest BCUT2D eigenvalue weighted by atomic mass is 35.5. The Morgan fingerprint density at radius 2 is 1.76 bits per heavy atom. The van der Waals surface area contributed by atoms with Crippen molar-refractivity contribution in [3.05, 3.63) is 57.6 Å². The zero-order valence-corrected chi connectivity index (χ0v) is 21.6. The third-order valence-electron chi connectivity index (χ3n) is 5.45. The Morgan fingerprint density at radius 1 is 1.09 bits per heavy atom. The molecule has 0 unspecified atom stereocenters. The molecule has 0 saturated carbocycles. The Kier molecular flexibility index (Phi) is 9.76. The van der Waals surface area contributed by atoms with Gasteiger partial charge in [0.05, 0.1) is 17.6 Å². The van der Waals surface area contributed by atoms with Crippen molar-refractivity contribution < 1.29 is 17.9 Å². The van der Waals surface area contributed by atoms with Crippen LogP contribution in [0.4, 0.5) is 0 Å². The third kappa shape index (κ3) is 7.02. The van der Waals surface area contributed by atoms with Crippen molar-refractivity contribution in [1.82, 2.24) is 9.62 Å². The Balaban J connectivity index is 1.63. The molecule has 10 heteroatoms. The van der Waals surface area contributed by atoms with Gasteiger partial charge in [-0.3, -0.25) is 4.79 Å². The summed E-state index contributed by atoms with van der Waals surface area (Å²) in [5.74, 6) is 1.29. The van der Waals surface area contributed by atoms with Crippen LogP contribution in [0.5, 0.6) is 5.75 Å². The summed E-state index contributed by atoms with van der Waals surface area (Å²) >= 11 is 13.9. The number of hydrogen-bond acceptors (Lipinski definition) is 5. The number of sulfonamides is 1. The fourth-order valence-corrected chi connectivity index (χ4v) is 6.42. The molecule has 0 atom stereocenters. The summed E-state index contributed by atoms with van der Waals surface area (Å²) in [4.78, 5) is 14.9. The van der Waals surface area contributed by atoms with Crippen LogP contribution in [-0.4, -0.2) is 51.7 Å². The molecule has 0 aromatic heterocycles. The number of likely N-dealkylation sites (tertiary alicyclic amines) is 1. The van der Waals surface area contributed by atoms with Crippen molar-refractivity contribution in [2.24, 2.45) is 0 Å². The van der Waals surface area contributed by atoms with Crippen LogP contribution in [0.25, 0.3) is 0 Å². The molecule has 0 spiro atoms. The number of halogens is 2. The molecule has 2 aromatic carbocycles. The van der Waals surface area contributed by atoms with Gasteiger partial charge in [0, 0.05) is 41.2 Å². The van der Waals surface area contributed by atoms with Gasteiger partial charge >= 0.3 is 0 Å². The van der Waals surface area contributed by atoms with Crippen LogP contribution in [0.1, 0.15) is 41.6 Å². The van der Waals surface area contributed by atoms with Gasteiger partial charge < -0.3 is 9.64 Å². The number of carbonyl (C=O) groups is 1. The monoisotopic (exact) mass is 530 g/mol. The molecule has 180 valence electrons. The summed E-state index contributed by atoms with van der Waals surface area (Å²) in [7, 11) is -2.31. The second-order valence-corrected chi connectivity index (χ2v) is 11.4. The Hall–Kier alpha value is -1.45. The topological polar surface area (TPSA) is 75.7 Å². The number of ether oxygens (including phenoxy) is 1. The van der Waals surface area contributed by atoms with Crippen molar-refractivity contribution in [3.8, 4) is 5.75 Å². The molecule has 0 bridgehead atoms. The van der Waals surface area contributed by atoms with Gasteiger partial charge in [0.2, 0.25) is 10.0 Å². The van der Waals surface area contributed by atoms with E-state index in [0.29, 0.717) is 40.4 Å². The largest absolute Gasteiger partial charge is 0.496 e. The summed E-state index contributed by atoms with van der Waals surface area (Å²) in [5, 5.41) is 1.19. The van der Waals surface area contributed by atoms with Crippen LogP contribution in [-0.2, 0) is 15.8 Å². The van der Waals surface area contributed by atoms with Gasteiger partial charge in [-0.25, -0.2) is 13.1 Å². The second kappa shape index (κ2) is 12.3. The zero-order chi connectivity index (χ0) is 23.8. The fraction of sp³-hybridized carbons (Fsp3) is 0.435. The van der Waals surface area contributed by atoms with E-state index in [4.69, 9.17) is 27.9 Å². The molecule has 6 nitrogen and oxygen atoms in total. The second-order valence-electron chi connectivity index (χ2n) is 7.72. The molecule has 2 aromatic rings. The predicted molar refractivity (Wildman–Crippen MR) is 135 cm³/mol. The van der Waals surface area contributed by atoms with E-state index in [-0.39, 0.29) is 22.9 Å². The molecule has 1 heterocycles. The number of methoxy groups -OCH3 is 1. The number of nitrogens with zero attached hydrogens (tertiary/aromatic N) is 1. The minimum Gasteiger partial charge on any atom is -0.496 e. The summed E-state index contributed by atoms with van der Waals surface area (Å²) in [6.07, 6.45) is 4.09. The lowest BCUT2D eigenvalue weighted by Gasteiger charge is -2.22. The Bertz CT molecular complexity index is 1050. The molecule has 1 aliphatic heterocycles. The number of thioether (sulfide) groups is 1. The molecule has 1 aliphatic rings. The smallest absolute Gasteiger partial charge is 0.257 e. The lowest BCUT2D eigenvalue weighted by molar-refractivity contribution is 0.0758. The van der Waals surface area contributed by atoms with Crippen molar-refractivity contribution in [1.29, 1.82) is 0 Å². The predicted octanol–water partition coefficient (Wildman–Crippen LogP) is 5.23.